The van der Waals surface area contributed by atoms with E-state index in [0.29, 0.717) is 17.3 Å². The number of carbonyl (C=O) groups excluding carboxylic acids is 1. The van der Waals surface area contributed by atoms with E-state index in [1.165, 1.54) is 0 Å². The molecule has 0 aromatic heterocycles. The minimum Gasteiger partial charge on any atom is -0.489 e. The van der Waals surface area contributed by atoms with Gasteiger partial charge in [0.15, 0.2) is 5.11 Å². The summed E-state index contributed by atoms with van der Waals surface area (Å²) in [5, 5.41) is 9.73. The second-order valence-electron chi connectivity index (χ2n) is 7.23. The molecule has 0 spiro atoms. The van der Waals surface area contributed by atoms with E-state index in [1.807, 2.05) is 91.9 Å². The van der Waals surface area contributed by atoms with Crippen LogP contribution in [0.1, 0.15) is 24.1 Å². The average molecular weight is 430 g/mol. The fourth-order valence-electron chi connectivity index (χ4n) is 3.46. The molecule has 31 heavy (non-hydrogen) atoms. The van der Waals surface area contributed by atoms with Crippen molar-refractivity contribution in [2.45, 2.75) is 19.6 Å². The Morgan fingerprint density at radius 1 is 0.968 bits per heavy atom. The minimum absolute atomic E-state index is 0.180. The average Bonchev–Trinajstić information content (AvgIpc) is 2.79. The highest BCUT2D eigenvalue weighted by Crippen LogP contribution is 2.29. The molecule has 0 saturated heterocycles. The van der Waals surface area contributed by atoms with Crippen molar-refractivity contribution >= 4 is 28.9 Å². The van der Waals surface area contributed by atoms with Gasteiger partial charge in [0.05, 0.1) is 11.6 Å². The zero-order valence-electron chi connectivity index (χ0n) is 17.1. The number of hydrogen-bond donors (Lipinski definition) is 3. The maximum Gasteiger partial charge on any atom is 0.255 e. The molecule has 156 valence electrons. The van der Waals surface area contributed by atoms with Gasteiger partial charge in [0.25, 0.3) is 5.91 Å². The van der Waals surface area contributed by atoms with Gasteiger partial charge in [-0.05, 0) is 54.5 Å². The predicted octanol–water partition coefficient (Wildman–Crippen LogP) is 4.70. The zero-order chi connectivity index (χ0) is 21.6. The fraction of sp³-hybridized carbons (Fsp3) is 0.120. The monoisotopic (exact) mass is 429 g/mol. The molecule has 1 amide bonds. The normalized spacial score (nSPS) is 15.6. The second-order valence-corrected chi connectivity index (χ2v) is 7.64. The van der Waals surface area contributed by atoms with Gasteiger partial charge < -0.3 is 20.7 Å². The number of anilines is 1. The maximum atomic E-state index is 13.1. The summed E-state index contributed by atoms with van der Waals surface area (Å²) in [5.41, 5.74) is 4.09. The molecule has 3 aromatic carbocycles. The van der Waals surface area contributed by atoms with Crippen LogP contribution >= 0.6 is 12.2 Å². The Kier molecular flexibility index (Phi) is 6.29. The highest BCUT2D eigenvalue weighted by molar-refractivity contribution is 7.80. The number of para-hydroxylation sites is 1. The highest BCUT2D eigenvalue weighted by atomic mass is 32.1. The summed E-state index contributed by atoms with van der Waals surface area (Å²) in [7, 11) is 0. The lowest BCUT2D eigenvalue weighted by Crippen LogP contribution is -2.45. The topological polar surface area (TPSA) is 62.4 Å². The van der Waals surface area contributed by atoms with Crippen LogP contribution < -0.4 is 20.7 Å². The van der Waals surface area contributed by atoms with Gasteiger partial charge in [0.2, 0.25) is 0 Å². The smallest absolute Gasteiger partial charge is 0.255 e. The number of benzene rings is 3. The molecule has 0 aliphatic carbocycles. The summed E-state index contributed by atoms with van der Waals surface area (Å²) in [5.74, 6) is 0.584. The Labute approximate surface area is 187 Å². The van der Waals surface area contributed by atoms with Crippen LogP contribution in [0.4, 0.5) is 5.69 Å². The summed E-state index contributed by atoms with van der Waals surface area (Å²) < 4.78 is 5.88. The molecular formula is C25H23N3O2S. The van der Waals surface area contributed by atoms with Gasteiger partial charge in [-0.2, -0.15) is 0 Å². The molecule has 6 heteroatoms. The van der Waals surface area contributed by atoms with Gasteiger partial charge in [-0.3, -0.25) is 4.79 Å². The summed E-state index contributed by atoms with van der Waals surface area (Å²) in [4.78, 5) is 13.1. The van der Waals surface area contributed by atoms with E-state index in [1.54, 1.807) is 0 Å². The molecule has 0 fully saturated rings. The van der Waals surface area contributed by atoms with Crippen LogP contribution in [0.25, 0.3) is 0 Å². The van der Waals surface area contributed by atoms with E-state index >= 15 is 0 Å². The van der Waals surface area contributed by atoms with Crippen molar-refractivity contribution in [2.75, 3.05) is 5.32 Å². The molecule has 0 bridgehead atoms. The van der Waals surface area contributed by atoms with Crippen molar-refractivity contribution in [1.82, 2.24) is 10.6 Å². The number of carbonyl (C=O) groups is 1. The van der Waals surface area contributed by atoms with Crippen molar-refractivity contribution in [2.24, 2.45) is 0 Å². The van der Waals surface area contributed by atoms with Crippen LogP contribution in [0, 0.1) is 0 Å². The fourth-order valence-corrected chi connectivity index (χ4v) is 3.73. The van der Waals surface area contributed by atoms with E-state index in [2.05, 4.69) is 16.0 Å². The number of hydrogen-bond acceptors (Lipinski definition) is 3. The number of ether oxygens (including phenoxy) is 1. The Bertz CT molecular complexity index is 1100. The lowest BCUT2D eigenvalue weighted by Gasteiger charge is -2.30. The zero-order valence-corrected chi connectivity index (χ0v) is 17.9. The lowest BCUT2D eigenvalue weighted by atomic mass is 9.95. The van der Waals surface area contributed by atoms with Crippen molar-refractivity contribution in [3.8, 4) is 5.75 Å². The van der Waals surface area contributed by atoms with Crippen LogP contribution in [0.5, 0.6) is 5.75 Å². The van der Waals surface area contributed by atoms with Gasteiger partial charge in [-0.1, -0.05) is 60.7 Å². The molecule has 1 aliphatic heterocycles. The predicted molar refractivity (Wildman–Crippen MR) is 127 cm³/mol. The lowest BCUT2D eigenvalue weighted by molar-refractivity contribution is -0.113. The quantitative estimate of drug-likeness (QED) is 0.496. The first-order valence-electron chi connectivity index (χ1n) is 10.0. The summed E-state index contributed by atoms with van der Waals surface area (Å²) in [6, 6.07) is 26.8. The molecule has 4 rings (SSSR count). The molecule has 1 heterocycles. The van der Waals surface area contributed by atoms with Gasteiger partial charge in [-0.15, -0.1) is 0 Å². The standard InChI is InChI=1S/C25H23N3O2S/c1-17-22(24(29)27-20-10-6-3-7-11-20)23(28-25(31)26-17)19-12-14-21(15-13-19)30-16-18-8-4-2-5-9-18/h2-15,23H,16H2,1H3,(H,27,29)(H2,26,28,31)/t23-/m1/s1. The van der Waals surface area contributed by atoms with E-state index in [-0.39, 0.29) is 11.9 Å². The van der Waals surface area contributed by atoms with Gasteiger partial charge >= 0.3 is 0 Å². The Morgan fingerprint density at radius 2 is 1.61 bits per heavy atom. The van der Waals surface area contributed by atoms with Crippen LogP contribution in [0.15, 0.2) is 96.2 Å². The molecule has 0 unspecified atom stereocenters. The molecule has 1 atom stereocenters. The SMILES string of the molecule is CC1=C(C(=O)Nc2ccccc2)[C@@H](c2ccc(OCc3ccccc3)cc2)NC(=S)N1. The van der Waals surface area contributed by atoms with Gasteiger partial charge in [-0.25, -0.2) is 0 Å². The highest BCUT2D eigenvalue weighted by Gasteiger charge is 2.29. The van der Waals surface area contributed by atoms with E-state index < -0.39 is 0 Å². The number of nitrogens with one attached hydrogen (secondary N) is 3. The first kappa shape index (κ1) is 20.6. The van der Waals surface area contributed by atoms with Gasteiger partial charge in [0.1, 0.15) is 12.4 Å². The molecule has 5 nitrogen and oxygen atoms in total. The Morgan fingerprint density at radius 3 is 2.29 bits per heavy atom. The van der Waals surface area contributed by atoms with Crippen LogP contribution in [0.3, 0.4) is 0 Å². The molecule has 1 aliphatic rings. The van der Waals surface area contributed by atoms with Crippen molar-refractivity contribution in [3.05, 3.63) is 107 Å². The van der Waals surface area contributed by atoms with E-state index in [0.717, 1.165) is 28.3 Å². The molecule has 3 aromatic rings. The van der Waals surface area contributed by atoms with Crippen molar-refractivity contribution < 1.29 is 9.53 Å². The van der Waals surface area contributed by atoms with Crippen LogP contribution in [-0.4, -0.2) is 11.0 Å². The third-order valence-corrected chi connectivity index (χ3v) is 5.23. The Hall–Kier alpha value is -3.64. The first-order chi connectivity index (χ1) is 15.1. The maximum absolute atomic E-state index is 13.1. The molecule has 0 radical (unpaired) electrons. The Balaban J connectivity index is 1.52. The van der Waals surface area contributed by atoms with Crippen LogP contribution in [-0.2, 0) is 11.4 Å². The largest absolute Gasteiger partial charge is 0.489 e. The number of rotatable bonds is 6. The first-order valence-corrected chi connectivity index (χ1v) is 10.4. The molecular weight excluding hydrogens is 406 g/mol. The van der Waals surface area contributed by atoms with Crippen molar-refractivity contribution in [1.29, 1.82) is 0 Å². The van der Waals surface area contributed by atoms with Gasteiger partial charge in [0, 0.05) is 11.4 Å². The third kappa shape index (κ3) is 5.10. The van der Waals surface area contributed by atoms with E-state index in [9.17, 15) is 4.79 Å². The third-order valence-electron chi connectivity index (χ3n) is 5.01. The van der Waals surface area contributed by atoms with Crippen molar-refractivity contribution in [3.63, 3.8) is 0 Å². The summed E-state index contributed by atoms with van der Waals surface area (Å²) in [6.07, 6.45) is 0. The molecule has 3 N–H and O–H groups in total. The minimum atomic E-state index is -0.361. The molecule has 0 saturated carbocycles. The summed E-state index contributed by atoms with van der Waals surface area (Å²) in [6.45, 7) is 2.36. The number of allylic oxidation sites excluding steroid dienone is 1. The van der Waals surface area contributed by atoms with E-state index in [4.69, 9.17) is 17.0 Å². The second kappa shape index (κ2) is 9.45. The van der Waals surface area contributed by atoms with Crippen LogP contribution in [0.2, 0.25) is 0 Å². The summed E-state index contributed by atoms with van der Waals surface area (Å²) >= 11 is 5.34. The number of amides is 1. The number of thiocarbonyl (C=S) groups is 1.